The summed E-state index contributed by atoms with van der Waals surface area (Å²) in [4.78, 5) is 16.3. The lowest BCUT2D eigenvalue weighted by atomic mass is 9.89. The molecule has 1 amide bonds. The maximum Gasteiger partial charge on any atom is 0.248 e. The van der Waals surface area contributed by atoms with E-state index in [1.165, 1.54) is 37.7 Å². The predicted octanol–water partition coefficient (Wildman–Crippen LogP) is 4.33. The standard InChI is InChI=1S/C22H26N4O/c23-21(27)18-11-12-20-19(13-18)25-22(24-14-16-7-3-1-4-8-16)26(20)15-17-9-5-2-6-10-17/h1,3-4,7-8,11-13,17H,2,5-6,9-10,14-15H2,(H2,23,27)(H,24,25). The molecule has 0 aliphatic heterocycles. The number of carbonyl (C=O) groups excluding carboxylic acids is 1. The van der Waals surface area contributed by atoms with E-state index in [4.69, 9.17) is 10.7 Å². The number of imidazole rings is 1. The number of aromatic nitrogens is 2. The van der Waals surface area contributed by atoms with E-state index >= 15 is 0 Å². The molecule has 0 spiro atoms. The Labute approximate surface area is 159 Å². The SMILES string of the molecule is NC(=O)c1ccc2c(c1)nc(NCc1ccccc1)n2CC1CCCCC1. The van der Waals surface area contributed by atoms with Crippen molar-refractivity contribution in [1.82, 2.24) is 9.55 Å². The normalized spacial score (nSPS) is 15.1. The van der Waals surface area contributed by atoms with Crippen molar-refractivity contribution >= 4 is 22.9 Å². The summed E-state index contributed by atoms with van der Waals surface area (Å²) < 4.78 is 2.28. The van der Waals surface area contributed by atoms with E-state index in [1.54, 1.807) is 12.1 Å². The molecule has 1 aromatic heterocycles. The molecule has 3 aromatic rings. The van der Waals surface area contributed by atoms with E-state index in [1.807, 2.05) is 24.3 Å². The molecule has 0 unspecified atom stereocenters. The topological polar surface area (TPSA) is 72.9 Å². The van der Waals surface area contributed by atoms with Gasteiger partial charge >= 0.3 is 0 Å². The summed E-state index contributed by atoms with van der Waals surface area (Å²) >= 11 is 0. The van der Waals surface area contributed by atoms with Crippen LogP contribution in [0.5, 0.6) is 0 Å². The summed E-state index contributed by atoms with van der Waals surface area (Å²) in [6, 6.07) is 15.9. The molecule has 5 nitrogen and oxygen atoms in total. The summed E-state index contributed by atoms with van der Waals surface area (Å²) in [5.41, 5.74) is 9.03. The zero-order valence-corrected chi connectivity index (χ0v) is 15.5. The summed E-state index contributed by atoms with van der Waals surface area (Å²) in [5.74, 6) is 1.13. The highest BCUT2D eigenvalue weighted by atomic mass is 16.1. The lowest BCUT2D eigenvalue weighted by molar-refractivity contribution is 0.100. The molecular weight excluding hydrogens is 336 g/mol. The number of benzene rings is 2. The third kappa shape index (κ3) is 3.97. The number of hydrogen-bond donors (Lipinski definition) is 2. The van der Waals surface area contributed by atoms with Gasteiger partial charge in [-0.3, -0.25) is 4.79 Å². The van der Waals surface area contributed by atoms with Gasteiger partial charge < -0.3 is 15.6 Å². The third-order valence-electron chi connectivity index (χ3n) is 5.49. The zero-order chi connectivity index (χ0) is 18.6. The molecule has 5 heteroatoms. The number of hydrogen-bond acceptors (Lipinski definition) is 3. The van der Waals surface area contributed by atoms with Crippen molar-refractivity contribution in [2.75, 3.05) is 5.32 Å². The minimum Gasteiger partial charge on any atom is -0.366 e. The molecule has 140 valence electrons. The van der Waals surface area contributed by atoms with Crippen LogP contribution in [-0.4, -0.2) is 15.5 Å². The van der Waals surface area contributed by atoms with E-state index in [9.17, 15) is 4.79 Å². The van der Waals surface area contributed by atoms with Crippen molar-refractivity contribution in [3.63, 3.8) is 0 Å². The lowest BCUT2D eigenvalue weighted by Crippen LogP contribution is -2.16. The van der Waals surface area contributed by atoms with E-state index < -0.39 is 5.91 Å². The number of nitrogens with two attached hydrogens (primary N) is 1. The smallest absolute Gasteiger partial charge is 0.248 e. The van der Waals surface area contributed by atoms with E-state index in [2.05, 4.69) is 22.0 Å². The van der Waals surface area contributed by atoms with E-state index in [0.29, 0.717) is 11.5 Å². The van der Waals surface area contributed by atoms with Gasteiger partial charge in [-0.05, 0) is 42.5 Å². The highest BCUT2D eigenvalue weighted by molar-refractivity contribution is 5.96. The van der Waals surface area contributed by atoms with Crippen LogP contribution in [0.3, 0.4) is 0 Å². The van der Waals surface area contributed by atoms with Gasteiger partial charge in [0.05, 0.1) is 11.0 Å². The number of primary amides is 1. The Morgan fingerprint density at radius 2 is 1.89 bits per heavy atom. The summed E-state index contributed by atoms with van der Waals surface area (Å²) in [6.45, 7) is 1.68. The Bertz CT molecular complexity index is 926. The van der Waals surface area contributed by atoms with Crippen LogP contribution in [0, 0.1) is 5.92 Å². The largest absolute Gasteiger partial charge is 0.366 e. The van der Waals surface area contributed by atoms with Gasteiger partial charge in [-0.2, -0.15) is 0 Å². The van der Waals surface area contributed by atoms with Gasteiger partial charge in [0, 0.05) is 18.7 Å². The molecule has 1 heterocycles. The average molecular weight is 362 g/mol. The van der Waals surface area contributed by atoms with Crippen molar-refractivity contribution in [3.05, 3.63) is 59.7 Å². The summed E-state index contributed by atoms with van der Waals surface area (Å²) in [5, 5.41) is 3.49. The van der Waals surface area contributed by atoms with Crippen molar-refractivity contribution in [2.24, 2.45) is 11.7 Å². The quantitative estimate of drug-likeness (QED) is 0.685. The predicted molar refractivity (Wildman–Crippen MR) is 109 cm³/mol. The number of fused-ring (bicyclic) bond motifs is 1. The fourth-order valence-corrected chi connectivity index (χ4v) is 4.01. The maximum absolute atomic E-state index is 11.5. The van der Waals surface area contributed by atoms with Gasteiger partial charge in [-0.1, -0.05) is 49.6 Å². The molecule has 1 aliphatic carbocycles. The second-order valence-electron chi connectivity index (χ2n) is 7.46. The Kier molecular flexibility index (Phi) is 5.10. The Balaban J connectivity index is 1.65. The average Bonchev–Trinajstić information content (AvgIpc) is 3.04. The number of amides is 1. The third-order valence-corrected chi connectivity index (χ3v) is 5.49. The van der Waals surface area contributed by atoms with Crippen LogP contribution in [0.15, 0.2) is 48.5 Å². The summed E-state index contributed by atoms with van der Waals surface area (Å²) in [6.07, 6.45) is 6.53. The number of anilines is 1. The highest BCUT2D eigenvalue weighted by Crippen LogP contribution is 2.29. The zero-order valence-electron chi connectivity index (χ0n) is 15.5. The molecule has 2 aromatic carbocycles. The number of nitrogens with one attached hydrogen (secondary N) is 1. The molecule has 0 radical (unpaired) electrons. The molecule has 0 bridgehead atoms. The molecule has 4 rings (SSSR count). The van der Waals surface area contributed by atoms with Crippen LogP contribution in [0.1, 0.15) is 48.0 Å². The van der Waals surface area contributed by atoms with Crippen LogP contribution in [0.4, 0.5) is 5.95 Å². The molecule has 27 heavy (non-hydrogen) atoms. The van der Waals surface area contributed by atoms with Gasteiger partial charge in [-0.15, -0.1) is 0 Å². The number of carbonyl (C=O) groups is 1. The molecule has 0 atom stereocenters. The first kappa shape index (κ1) is 17.6. The first-order valence-corrected chi connectivity index (χ1v) is 9.78. The van der Waals surface area contributed by atoms with Gasteiger partial charge in [-0.25, -0.2) is 4.98 Å². The molecule has 0 saturated heterocycles. The monoisotopic (exact) mass is 362 g/mol. The van der Waals surface area contributed by atoms with Crippen LogP contribution in [0.2, 0.25) is 0 Å². The van der Waals surface area contributed by atoms with Crippen LogP contribution in [0.25, 0.3) is 11.0 Å². The van der Waals surface area contributed by atoms with Gasteiger partial charge in [0.15, 0.2) is 0 Å². The van der Waals surface area contributed by atoms with Crippen LogP contribution < -0.4 is 11.1 Å². The lowest BCUT2D eigenvalue weighted by Gasteiger charge is -2.23. The van der Waals surface area contributed by atoms with Crippen molar-refractivity contribution in [2.45, 2.75) is 45.2 Å². The minimum atomic E-state index is -0.419. The first-order valence-electron chi connectivity index (χ1n) is 9.78. The highest BCUT2D eigenvalue weighted by Gasteiger charge is 2.19. The van der Waals surface area contributed by atoms with Gasteiger partial charge in [0.1, 0.15) is 0 Å². The second kappa shape index (κ2) is 7.82. The van der Waals surface area contributed by atoms with E-state index in [-0.39, 0.29) is 0 Å². The van der Waals surface area contributed by atoms with Crippen molar-refractivity contribution in [3.8, 4) is 0 Å². The Morgan fingerprint density at radius 1 is 1.11 bits per heavy atom. The van der Waals surface area contributed by atoms with Gasteiger partial charge in [0.25, 0.3) is 0 Å². The number of rotatable bonds is 6. The fraction of sp³-hybridized carbons (Fsp3) is 0.364. The summed E-state index contributed by atoms with van der Waals surface area (Å²) in [7, 11) is 0. The molecule has 1 saturated carbocycles. The van der Waals surface area contributed by atoms with Crippen LogP contribution in [-0.2, 0) is 13.1 Å². The van der Waals surface area contributed by atoms with Crippen LogP contribution >= 0.6 is 0 Å². The second-order valence-corrected chi connectivity index (χ2v) is 7.46. The fourth-order valence-electron chi connectivity index (χ4n) is 4.01. The van der Waals surface area contributed by atoms with Gasteiger partial charge in [0.2, 0.25) is 11.9 Å². The van der Waals surface area contributed by atoms with Crippen molar-refractivity contribution in [1.29, 1.82) is 0 Å². The maximum atomic E-state index is 11.5. The Hall–Kier alpha value is -2.82. The molecule has 1 fully saturated rings. The number of nitrogens with zero attached hydrogens (tertiary/aromatic N) is 2. The minimum absolute atomic E-state index is 0.419. The van der Waals surface area contributed by atoms with E-state index in [0.717, 1.165) is 30.1 Å². The molecular formula is C22H26N4O. The molecule has 1 aliphatic rings. The Morgan fingerprint density at radius 3 is 2.63 bits per heavy atom. The molecule has 3 N–H and O–H groups in total. The first-order chi connectivity index (χ1) is 13.2. The van der Waals surface area contributed by atoms with Crippen molar-refractivity contribution < 1.29 is 4.79 Å².